The first-order valence-corrected chi connectivity index (χ1v) is 8.54. The third-order valence-electron chi connectivity index (χ3n) is 3.11. The molecule has 0 unspecified atom stereocenters. The van der Waals surface area contributed by atoms with Crippen LogP contribution >= 0.6 is 0 Å². The molecule has 0 spiro atoms. The standard InChI is InChI=1S/C17H19NO3S/c1-2-21-16-10-6-5-9-15(16)14-8-4-3-7-13(14)11-22(20)12-17(18)19/h3-10H,2,11-12H2,1H3,(H2,18,19)/t22-/m1/s1. The number of amides is 1. The lowest BCUT2D eigenvalue weighted by Gasteiger charge is -2.13. The second-order valence-electron chi connectivity index (χ2n) is 4.78. The Balaban J connectivity index is 2.36. The molecule has 116 valence electrons. The van der Waals surface area contributed by atoms with Gasteiger partial charge in [0.15, 0.2) is 0 Å². The molecule has 2 aromatic carbocycles. The molecule has 0 fully saturated rings. The first-order chi connectivity index (χ1) is 10.6. The van der Waals surface area contributed by atoms with Crippen LogP contribution in [0.4, 0.5) is 0 Å². The van der Waals surface area contributed by atoms with Gasteiger partial charge >= 0.3 is 0 Å². The van der Waals surface area contributed by atoms with E-state index >= 15 is 0 Å². The zero-order chi connectivity index (χ0) is 15.9. The number of hydrogen-bond acceptors (Lipinski definition) is 3. The van der Waals surface area contributed by atoms with Crippen LogP contribution in [0.3, 0.4) is 0 Å². The normalized spacial score (nSPS) is 11.9. The largest absolute Gasteiger partial charge is 0.493 e. The quantitative estimate of drug-likeness (QED) is 0.853. The van der Waals surface area contributed by atoms with E-state index < -0.39 is 16.7 Å². The van der Waals surface area contributed by atoms with E-state index in [0.29, 0.717) is 12.4 Å². The third kappa shape index (κ3) is 4.18. The molecule has 0 heterocycles. The molecule has 0 saturated heterocycles. The van der Waals surface area contributed by atoms with Crippen LogP contribution in [0.15, 0.2) is 48.5 Å². The minimum atomic E-state index is -1.31. The number of rotatable bonds is 7. The SMILES string of the molecule is CCOc1ccccc1-c1ccccc1C[S@@](=O)CC(N)=O. The average Bonchev–Trinajstić information content (AvgIpc) is 2.48. The van der Waals surface area contributed by atoms with Gasteiger partial charge in [-0.15, -0.1) is 0 Å². The van der Waals surface area contributed by atoms with Gasteiger partial charge in [0.2, 0.25) is 5.91 Å². The number of para-hydroxylation sites is 1. The maximum absolute atomic E-state index is 12.0. The van der Waals surface area contributed by atoms with Crippen molar-refractivity contribution in [2.24, 2.45) is 5.73 Å². The molecule has 0 aliphatic heterocycles. The van der Waals surface area contributed by atoms with E-state index in [9.17, 15) is 9.00 Å². The summed E-state index contributed by atoms with van der Waals surface area (Å²) in [5.41, 5.74) is 7.94. The van der Waals surface area contributed by atoms with Crippen LogP contribution in [0.25, 0.3) is 11.1 Å². The fraction of sp³-hybridized carbons (Fsp3) is 0.235. The topological polar surface area (TPSA) is 69.4 Å². The van der Waals surface area contributed by atoms with Gasteiger partial charge in [0.1, 0.15) is 11.5 Å². The second kappa shape index (κ2) is 7.75. The van der Waals surface area contributed by atoms with E-state index in [0.717, 1.165) is 22.4 Å². The molecular weight excluding hydrogens is 298 g/mol. The van der Waals surface area contributed by atoms with Crippen LogP contribution in [0, 0.1) is 0 Å². The van der Waals surface area contributed by atoms with Crippen molar-refractivity contribution in [1.82, 2.24) is 0 Å². The zero-order valence-electron chi connectivity index (χ0n) is 12.5. The Kier molecular flexibility index (Phi) is 5.72. The first kappa shape index (κ1) is 16.2. The lowest BCUT2D eigenvalue weighted by atomic mass is 10.00. The number of primary amides is 1. The van der Waals surface area contributed by atoms with Gasteiger partial charge in [0.05, 0.1) is 6.61 Å². The van der Waals surface area contributed by atoms with Crippen LogP contribution < -0.4 is 10.5 Å². The van der Waals surface area contributed by atoms with E-state index in [4.69, 9.17) is 10.5 Å². The molecule has 0 aliphatic rings. The summed E-state index contributed by atoms with van der Waals surface area (Å²) >= 11 is 0. The summed E-state index contributed by atoms with van der Waals surface area (Å²) in [7, 11) is -1.31. The monoisotopic (exact) mass is 317 g/mol. The maximum atomic E-state index is 12.0. The van der Waals surface area contributed by atoms with Crippen molar-refractivity contribution in [3.8, 4) is 16.9 Å². The fourth-order valence-corrected chi connectivity index (χ4v) is 3.28. The molecule has 1 amide bonds. The van der Waals surface area contributed by atoms with E-state index in [2.05, 4.69) is 0 Å². The highest BCUT2D eigenvalue weighted by molar-refractivity contribution is 7.84. The first-order valence-electron chi connectivity index (χ1n) is 7.05. The van der Waals surface area contributed by atoms with E-state index in [1.165, 1.54) is 0 Å². The Morgan fingerprint density at radius 2 is 1.73 bits per heavy atom. The Morgan fingerprint density at radius 3 is 2.41 bits per heavy atom. The molecule has 0 aliphatic carbocycles. The summed E-state index contributed by atoms with van der Waals surface area (Å²) in [5.74, 6) is 0.407. The summed E-state index contributed by atoms with van der Waals surface area (Å²) in [6.07, 6.45) is 0. The molecule has 0 saturated carbocycles. The summed E-state index contributed by atoms with van der Waals surface area (Å²) < 4.78 is 17.7. The number of ether oxygens (including phenoxy) is 1. The second-order valence-corrected chi connectivity index (χ2v) is 6.24. The predicted octanol–water partition coefficient (Wildman–Crippen LogP) is 2.49. The van der Waals surface area contributed by atoms with Crippen LogP contribution in [-0.4, -0.2) is 22.5 Å². The van der Waals surface area contributed by atoms with Crippen LogP contribution in [-0.2, 0) is 21.3 Å². The summed E-state index contributed by atoms with van der Waals surface area (Å²) in [4.78, 5) is 10.9. The van der Waals surface area contributed by atoms with Gasteiger partial charge in [-0.1, -0.05) is 42.5 Å². The molecule has 2 aromatic rings. The van der Waals surface area contributed by atoms with Gasteiger partial charge in [-0.3, -0.25) is 9.00 Å². The van der Waals surface area contributed by atoms with Gasteiger partial charge in [-0.25, -0.2) is 0 Å². The number of carbonyl (C=O) groups is 1. The van der Waals surface area contributed by atoms with Crippen LogP contribution in [0.5, 0.6) is 5.75 Å². The van der Waals surface area contributed by atoms with Gasteiger partial charge in [-0.05, 0) is 24.1 Å². The van der Waals surface area contributed by atoms with Crippen molar-refractivity contribution in [3.63, 3.8) is 0 Å². The third-order valence-corrected chi connectivity index (χ3v) is 4.35. The minimum Gasteiger partial charge on any atom is -0.493 e. The molecule has 5 heteroatoms. The Morgan fingerprint density at radius 1 is 1.09 bits per heavy atom. The van der Waals surface area contributed by atoms with Crippen molar-refractivity contribution in [3.05, 3.63) is 54.1 Å². The highest BCUT2D eigenvalue weighted by Gasteiger charge is 2.13. The summed E-state index contributed by atoms with van der Waals surface area (Å²) in [5, 5.41) is 0. The molecule has 22 heavy (non-hydrogen) atoms. The molecule has 2 rings (SSSR count). The highest BCUT2D eigenvalue weighted by atomic mass is 32.2. The molecule has 2 N–H and O–H groups in total. The van der Waals surface area contributed by atoms with E-state index in [1.54, 1.807) is 0 Å². The highest BCUT2D eigenvalue weighted by Crippen LogP contribution is 2.32. The van der Waals surface area contributed by atoms with Crippen LogP contribution in [0.2, 0.25) is 0 Å². The van der Waals surface area contributed by atoms with Crippen molar-refractivity contribution < 1.29 is 13.7 Å². The lowest BCUT2D eigenvalue weighted by Crippen LogP contribution is -2.20. The number of nitrogens with two attached hydrogens (primary N) is 1. The van der Waals surface area contributed by atoms with Gasteiger partial charge in [0, 0.05) is 22.1 Å². The van der Waals surface area contributed by atoms with E-state index in [1.807, 2.05) is 55.5 Å². The van der Waals surface area contributed by atoms with Gasteiger partial charge < -0.3 is 10.5 Å². The predicted molar refractivity (Wildman–Crippen MR) is 89.0 cm³/mol. The van der Waals surface area contributed by atoms with Crippen molar-refractivity contribution in [1.29, 1.82) is 0 Å². The molecule has 0 aromatic heterocycles. The number of hydrogen-bond donors (Lipinski definition) is 1. The van der Waals surface area contributed by atoms with Gasteiger partial charge in [0.25, 0.3) is 0 Å². The molecule has 0 radical (unpaired) electrons. The Labute approximate surface area is 132 Å². The Bertz CT molecular complexity index is 685. The smallest absolute Gasteiger partial charge is 0.230 e. The van der Waals surface area contributed by atoms with E-state index in [-0.39, 0.29) is 5.75 Å². The number of carbonyl (C=O) groups excluding carboxylic acids is 1. The molecular formula is C17H19NO3S. The maximum Gasteiger partial charge on any atom is 0.230 e. The summed E-state index contributed by atoms with van der Waals surface area (Å²) in [6.45, 7) is 2.51. The lowest BCUT2D eigenvalue weighted by molar-refractivity contribution is -0.115. The van der Waals surface area contributed by atoms with Gasteiger partial charge in [-0.2, -0.15) is 0 Å². The van der Waals surface area contributed by atoms with Crippen molar-refractivity contribution in [2.45, 2.75) is 12.7 Å². The minimum absolute atomic E-state index is 0.124. The molecule has 1 atom stereocenters. The molecule has 0 bridgehead atoms. The van der Waals surface area contributed by atoms with Crippen molar-refractivity contribution in [2.75, 3.05) is 12.4 Å². The average molecular weight is 317 g/mol. The Hall–Kier alpha value is -2.14. The van der Waals surface area contributed by atoms with Crippen molar-refractivity contribution >= 4 is 16.7 Å². The fourth-order valence-electron chi connectivity index (χ4n) is 2.26. The summed E-state index contributed by atoms with van der Waals surface area (Å²) in [6, 6.07) is 15.4. The van der Waals surface area contributed by atoms with Crippen LogP contribution in [0.1, 0.15) is 12.5 Å². The molecule has 4 nitrogen and oxygen atoms in total. The zero-order valence-corrected chi connectivity index (χ0v) is 13.3. The number of benzene rings is 2.